The van der Waals surface area contributed by atoms with Gasteiger partial charge in [0.1, 0.15) is 30.5 Å². The average Bonchev–Trinajstić information content (AvgIpc) is 3.92. The second-order valence-electron chi connectivity index (χ2n) is 12.5. The minimum atomic E-state index is -1.04. The summed E-state index contributed by atoms with van der Waals surface area (Å²) in [4.78, 5) is 17.6. The summed E-state index contributed by atoms with van der Waals surface area (Å²) in [5.41, 5.74) is 3.84. The molecule has 2 aliphatic rings. The van der Waals surface area contributed by atoms with Crippen LogP contribution in [0.3, 0.4) is 0 Å². The van der Waals surface area contributed by atoms with Gasteiger partial charge in [0, 0.05) is 49.9 Å². The number of ether oxygens (including phenoxy) is 4. The molecule has 4 heterocycles. The first-order valence-electron chi connectivity index (χ1n) is 16.9. The summed E-state index contributed by atoms with van der Waals surface area (Å²) in [5, 5.41) is 8.68. The number of anilines is 2. The Morgan fingerprint density at radius 3 is 2.22 bits per heavy atom. The molecule has 0 radical (unpaired) electrons. The van der Waals surface area contributed by atoms with Crippen LogP contribution in [-0.4, -0.2) is 76.7 Å². The summed E-state index contributed by atoms with van der Waals surface area (Å²) in [6.45, 7) is 8.77. The third-order valence-electron chi connectivity index (χ3n) is 9.42. The summed E-state index contributed by atoms with van der Waals surface area (Å²) in [6, 6.07) is 26.1. The van der Waals surface area contributed by atoms with Gasteiger partial charge in [-0.25, -0.2) is 14.0 Å². The van der Waals surface area contributed by atoms with Crippen LogP contribution in [0.4, 0.5) is 11.4 Å². The number of nitrogens with zero attached hydrogens (tertiary/aromatic N) is 7. The monoisotopic (exact) mass is 665 g/mol. The zero-order chi connectivity index (χ0) is 33.8. The summed E-state index contributed by atoms with van der Waals surface area (Å²) < 4.78 is 29.7. The normalized spacial score (nSPS) is 20.0. The second-order valence-corrected chi connectivity index (χ2v) is 12.5. The number of piperazine rings is 1. The minimum Gasteiger partial charge on any atom is -0.496 e. The van der Waals surface area contributed by atoms with Gasteiger partial charge >= 0.3 is 5.69 Å². The molecular weight excluding hydrogens is 622 g/mol. The van der Waals surface area contributed by atoms with Crippen molar-refractivity contribution in [1.82, 2.24) is 24.1 Å². The van der Waals surface area contributed by atoms with Gasteiger partial charge in [0.15, 0.2) is 0 Å². The Balaban J connectivity index is 0.926. The number of benzene rings is 3. The number of para-hydroxylation sites is 1. The fourth-order valence-electron chi connectivity index (χ4n) is 6.48. The maximum Gasteiger partial charge on any atom is 0.350 e. The highest BCUT2D eigenvalue weighted by molar-refractivity contribution is 5.54. The van der Waals surface area contributed by atoms with Gasteiger partial charge in [-0.1, -0.05) is 19.1 Å². The molecule has 2 aromatic heterocycles. The SMILES string of the molecule is CCC(C)n1ncn(-c2ccc(N3CCN(c4ccc(OC[C@@H]5CO[C@@](Cn6cccn6)(c6ccccc6OC)O5)cc4)CC3)cc2)c1=O. The predicted molar refractivity (Wildman–Crippen MR) is 187 cm³/mol. The van der Waals surface area contributed by atoms with Crippen molar-refractivity contribution in [2.24, 2.45) is 0 Å². The third-order valence-corrected chi connectivity index (χ3v) is 9.42. The number of hydrogen-bond donors (Lipinski definition) is 0. The van der Waals surface area contributed by atoms with E-state index in [4.69, 9.17) is 18.9 Å². The van der Waals surface area contributed by atoms with E-state index in [9.17, 15) is 4.79 Å². The van der Waals surface area contributed by atoms with E-state index in [2.05, 4.69) is 51.2 Å². The van der Waals surface area contributed by atoms with Crippen molar-refractivity contribution < 1.29 is 18.9 Å². The Labute approximate surface area is 286 Å². The second kappa shape index (κ2) is 14.2. The summed E-state index contributed by atoms with van der Waals surface area (Å²) in [7, 11) is 1.65. The smallest absolute Gasteiger partial charge is 0.350 e. The lowest BCUT2D eigenvalue weighted by atomic mass is 10.0. The number of hydrogen-bond acceptors (Lipinski definition) is 9. The maximum atomic E-state index is 12.8. The van der Waals surface area contributed by atoms with E-state index < -0.39 is 5.79 Å². The number of aromatic nitrogens is 5. The first kappa shape index (κ1) is 32.5. The summed E-state index contributed by atoms with van der Waals surface area (Å²) >= 11 is 0. The summed E-state index contributed by atoms with van der Waals surface area (Å²) in [6.07, 6.45) is 5.82. The zero-order valence-electron chi connectivity index (χ0n) is 28.2. The van der Waals surface area contributed by atoms with Crippen molar-refractivity contribution in [3.63, 3.8) is 0 Å². The molecule has 49 heavy (non-hydrogen) atoms. The molecule has 0 N–H and O–H groups in total. The Morgan fingerprint density at radius 2 is 1.57 bits per heavy atom. The largest absolute Gasteiger partial charge is 0.496 e. The number of rotatable bonds is 12. The van der Waals surface area contributed by atoms with Crippen molar-refractivity contribution in [2.45, 2.75) is 44.7 Å². The Bertz CT molecular complexity index is 1860. The van der Waals surface area contributed by atoms with E-state index in [1.54, 1.807) is 33.6 Å². The standard InChI is InChI=1S/C37H43N7O5/c1-4-28(2)44-36(45)43(27-39-44)31-12-10-29(11-13-31)40-20-22-41(23-21-40)30-14-16-32(17-15-30)47-24-33-25-48-37(49-33,26-42-19-7-18-38-42)34-8-5-6-9-35(34)46-3/h5-19,27-28,33H,4,20-26H2,1-3H3/t28?,33-,37-/m1/s1. The minimum absolute atomic E-state index is 0.0696. The molecule has 12 nitrogen and oxygen atoms in total. The first-order valence-corrected chi connectivity index (χ1v) is 16.9. The molecule has 5 aromatic rings. The maximum absolute atomic E-state index is 12.8. The van der Waals surface area contributed by atoms with Gasteiger partial charge < -0.3 is 28.7 Å². The van der Waals surface area contributed by atoms with E-state index >= 15 is 0 Å². The van der Waals surface area contributed by atoms with Crippen LogP contribution < -0.4 is 25.0 Å². The topological polar surface area (TPSA) is 101 Å². The Hall–Kier alpha value is -5.07. The van der Waals surface area contributed by atoms with Gasteiger partial charge in [-0.05, 0) is 80.1 Å². The molecule has 0 spiro atoms. The van der Waals surface area contributed by atoms with E-state index in [1.807, 2.05) is 67.7 Å². The van der Waals surface area contributed by atoms with E-state index in [0.717, 1.165) is 61.0 Å². The molecule has 3 aromatic carbocycles. The summed E-state index contributed by atoms with van der Waals surface area (Å²) in [5.74, 6) is 0.434. The van der Waals surface area contributed by atoms with Crippen LogP contribution in [0.1, 0.15) is 31.9 Å². The molecule has 0 aliphatic carbocycles. The van der Waals surface area contributed by atoms with Gasteiger partial charge in [0.2, 0.25) is 5.79 Å². The van der Waals surface area contributed by atoms with E-state index in [0.29, 0.717) is 25.5 Å². The lowest BCUT2D eigenvalue weighted by Gasteiger charge is -2.37. The molecule has 0 saturated carbocycles. The van der Waals surface area contributed by atoms with Crippen molar-refractivity contribution >= 4 is 11.4 Å². The van der Waals surface area contributed by atoms with Crippen molar-refractivity contribution in [3.05, 3.63) is 114 Å². The van der Waals surface area contributed by atoms with Gasteiger partial charge in [0.25, 0.3) is 0 Å². The average molecular weight is 666 g/mol. The van der Waals surface area contributed by atoms with Crippen LogP contribution in [0.5, 0.6) is 11.5 Å². The Kier molecular flexibility index (Phi) is 9.41. The lowest BCUT2D eigenvalue weighted by Crippen LogP contribution is -2.46. The number of methoxy groups -OCH3 is 1. The molecule has 7 rings (SSSR count). The highest BCUT2D eigenvalue weighted by Gasteiger charge is 2.46. The van der Waals surface area contributed by atoms with Crippen molar-refractivity contribution in [2.75, 3.05) is 56.3 Å². The molecule has 12 heteroatoms. The molecule has 2 saturated heterocycles. The Morgan fingerprint density at radius 1 is 0.898 bits per heavy atom. The molecule has 0 amide bonds. The third kappa shape index (κ3) is 6.79. The van der Waals surface area contributed by atoms with Gasteiger partial charge in [-0.2, -0.15) is 10.2 Å². The molecule has 3 atom stereocenters. The molecular formula is C37H43N7O5. The van der Waals surface area contributed by atoms with E-state index in [1.165, 1.54) is 0 Å². The molecule has 2 fully saturated rings. The predicted octanol–water partition coefficient (Wildman–Crippen LogP) is 4.88. The van der Waals surface area contributed by atoms with Crippen LogP contribution in [0.15, 0.2) is 102 Å². The molecule has 0 bridgehead atoms. The van der Waals surface area contributed by atoms with Gasteiger partial charge in [-0.3, -0.25) is 4.68 Å². The first-order chi connectivity index (χ1) is 24.0. The van der Waals surface area contributed by atoms with Crippen LogP contribution in [0, 0.1) is 0 Å². The van der Waals surface area contributed by atoms with Gasteiger partial charge in [-0.15, -0.1) is 0 Å². The van der Waals surface area contributed by atoms with Crippen molar-refractivity contribution in [3.8, 4) is 17.2 Å². The van der Waals surface area contributed by atoms with Crippen LogP contribution in [0.25, 0.3) is 5.69 Å². The van der Waals surface area contributed by atoms with Crippen LogP contribution in [-0.2, 0) is 21.8 Å². The zero-order valence-corrected chi connectivity index (χ0v) is 28.2. The fraction of sp³-hybridized carbons (Fsp3) is 0.378. The van der Waals surface area contributed by atoms with E-state index in [-0.39, 0.29) is 17.8 Å². The van der Waals surface area contributed by atoms with Crippen molar-refractivity contribution in [1.29, 1.82) is 0 Å². The van der Waals surface area contributed by atoms with Crippen LogP contribution in [0.2, 0.25) is 0 Å². The molecule has 2 aliphatic heterocycles. The van der Waals surface area contributed by atoms with Gasteiger partial charge in [0.05, 0.1) is 37.6 Å². The fourth-order valence-corrected chi connectivity index (χ4v) is 6.48. The molecule has 256 valence electrons. The quantitative estimate of drug-likeness (QED) is 0.185. The highest BCUT2D eigenvalue weighted by Crippen LogP contribution is 2.40. The van der Waals surface area contributed by atoms with Crippen LogP contribution >= 0.6 is 0 Å². The molecule has 1 unspecified atom stereocenters. The highest BCUT2D eigenvalue weighted by atomic mass is 16.8. The lowest BCUT2D eigenvalue weighted by molar-refractivity contribution is -0.191.